The van der Waals surface area contributed by atoms with Crippen molar-refractivity contribution in [3.05, 3.63) is 0 Å². The Balaban J connectivity index is 5.54. The van der Waals surface area contributed by atoms with Crippen molar-refractivity contribution in [2.24, 2.45) is 0 Å². The second kappa shape index (κ2) is 9.33. The van der Waals surface area contributed by atoms with Gasteiger partial charge in [0.05, 0.1) is 13.2 Å². The number of carbonyl (C=O) groups excluding carboxylic acids is 3. The number of ether oxygens (including phenoxy) is 2. The molecule has 0 aliphatic carbocycles. The monoisotopic (exact) mass is 415 g/mol. The van der Waals surface area contributed by atoms with E-state index in [1.165, 1.54) is 6.92 Å². The molecule has 0 aromatic carbocycles. The highest BCUT2D eigenvalue weighted by Crippen LogP contribution is 2.23. The molecule has 0 saturated heterocycles. The van der Waals surface area contributed by atoms with Crippen LogP contribution in [0.3, 0.4) is 0 Å². The predicted molar refractivity (Wildman–Crippen MR) is 80.9 cm³/mol. The summed E-state index contributed by atoms with van der Waals surface area (Å²) in [6.45, 7) is 4.67. The van der Waals surface area contributed by atoms with Crippen LogP contribution in [0, 0.1) is 0 Å². The van der Waals surface area contributed by atoms with E-state index in [0.29, 0.717) is 5.33 Å². The van der Waals surface area contributed by atoms with E-state index in [0.717, 1.165) is 0 Å². The van der Waals surface area contributed by atoms with Crippen molar-refractivity contribution in [2.45, 2.75) is 37.6 Å². The van der Waals surface area contributed by atoms with Crippen LogP contribution < -0.4 is 5.32 Å². The van der Waals surface area contributed by atoms with Crippen molar-refractivity contribution < 1.29 is 23.9 Å². The van der Waals surface area contributed by atoms with Crippen molar-refractivity contribution in [2.75, 3.05) is 18.5 Å². The lowest BCUT2D eigenvalue weighted by molar-refractivity contribution is -0.168. The van der Waals surface area contributed by atoms with Crippen molar-refractivity contribution in [3.8, 4) is 0 Å². The fraction of sp³-hybridized carbons (Fsp3) is 0.750. The summed E-state index contributed by atoms with van der Waals surface area (Å²) in [6.07, 6.45) is 0.0233. The van der Waals surface area contributed by atoms with E-state index in [9.17, 15) is 14.4 Å². The van der Waals surface area contributed by atoms with Gasteiger partial charge in [-0.2, -0.15) is 0 Å². The number of halogens is 2. The first kappa shape index (κ1) is 19.4. The minimum absolute atomic E-state index is 0.0233. The maximum Gasteiger partial charge on any atom is 0.343 e. The van der Waals surface area contributed by atoms with Crippen LogP contribution in [0.15, 0.2) is 0 Å². The third-order valence-corrected chi connectivity index (χ3v) is 4.63. The summed E-state index contributed by atoms with van der Waals surface area (Å²) in [5.41, 5.74) is -1.83. The average molecular weight is 417 g/mol. The van der Waals surface area contributed by atoms with E-state index in [4.69, 9.17) is 9.47 Å². The molecule has 1 N–H and O–H groups in total. The number of alkyl halides is 2. The average Bonchev–Trinajstić information content (AvgIpc) is 2.37. The van der Waals surface area contributed by atoms with Crippen LogP contribution in [0.1, 0.15) is 27.2 Å². The Morgan fingerprint density at radius 3 is 1.90 bits per heavy atom. The molecule has 0 aromatic heterocycles. The van der Waals surface area contributed by atoms with Crippen molar-refractivity contribution >= 4 is 49.7 Å². The van der Waals surface area contributed by atoms with Crippen LogP contribution in [-0.2, 0) is 23.9 Å². The molecule has 20 heavy (non-hydrogen) atoms. The van der Waals surface area contributed by atoms with Gasteiger partial charge in [-0.25, -0.2) is 9.59 Å². The lowest BCUT2D eigenvalue weighted by atomic mass is 9.93. The van der Waals surface area contributed by atoms with Crippen LogP contribution in [0.5, 0.6) is 0 Å². The molecule has 0 saturated carbocycles. The molecule has 0 unspecified atom stereocenters. The third kappa shape index (κ3) is 5.40. The maximum absolute atomic E-state index is 12.2. The number of amides is 1. The van der Waals surface area contributed by atoms with Gasteiger partial charge >= 0.3 is 11.9 Å². The topological polar surface area (TPSA) is 81.7 Å². The Bertz CT molecular complexity index is 344. The highest BCUT2D eigenvalue weighted by Gasteiger charge is 2.50. The quantitative estimate of drug-likeness (QED) is 0.368. The normalized spacial score (nSPS) is 12.4. The van der Waals surface area contributed by atoms with Gasteiger partial charge in [0.1, 0.15) is 0 Å². The molecule has 0 radical (unpaired) electrons. The fourth-order valence-corrected chi connectivity index (χ4v) is 2.31. The minimum atomic E-state index is -1.83. The first-order chi connectivity index (χ1) is 9.33. The SMILES string of the molecule is CCOC(=O)C(C[C@@H](Br)CBr)(NC(C)=O)C(=O)OCC. The molecule has 6 nitrogen and oxygen atoms in total. The summed E-state index contributed by atoms with van der Waals surface area (Å²) in [4.78, 5) is 35.6. The summed E-state index contributed by atoms with van der Waals surface area (Å²) >= 11 is 6.57. The van der Waals surface area contributed by atoms with E-state index in [1.54, 1.807) is 13.8 Å². The van der Waals surface area contributed by atoms with Crippen LogP contribution in [0.4, 0.5) is 0 Å². The Labute approximate surface area is 135 Å². The Kier molecular flexibility index (Phi) is 9.04. The summed E-state index contributed by atoms with van der Waals surface area (Å²) in [6, 6.07) is 0. The summed E-state index contributed by atoms with van der Waals surface area (Å²) < 4.78 is 9.86. The fourth-order valence-electron chi connectivity index (χ4n) is 1.60. The highest BCUT2D eigenvalue weighted by atomic mass is 79.9. The molecule has 0 fully saturated rings. The van der Waals surface area contributed by atoms with Crippen molar-refractivity contribution in [1.29, 1.82) is 0 Å². The molecular weight excluding hydrogens is 398 g/mol. The van der Waals surface area contributed by atoms with Crippen molar-refractivity contribution in [3.63, 3.8) is 0 Å². The van der Waals surface area contributed by atoms with Gasteiger partial charge in [0.15, 0.2) is 0 Å². The molecule has 8 heteroatoms. The number of hydrogen-bond donors (Lipinski definition) is 1. The first-order valence-corrected chi connectivity index (χ1v) is 8.20. The molecule has 0 rings (SSSR count). The van der Waals surface area contributed by atoms with Crippen LogP contribution in [0.2, 0.25) is 0 Å². The number of hydrogen-bond acceptors (Lipinski definition) is 5. The van der Waals surface area contributed by atoms with Crippen molar-refractivity contribution in [1.82, 2.24) is 5.32 Å². The number of nitrogens with one attached hydrogen (secondary N) is 1. The first-order valence-electron chi connectivity index (χ1n) is 6.17. The van der Waals surface area contributed by atoms with Gasteiger partial charge < -0.3 is 14.8 Å². The van der Waals surface area contributed by atoms with Gasteiger partial charge in [0, 0.05) is 23.5 Å². The molecular formula is C12H19Br2NO5. The van der Waals surface area contributed by atoms with E-state index in [2.05, 4.69) is 37.2 Å². The van der Waals surface area contributed by atoms with Gasteiger partial charge in [-0.1, -0.05) is 31.9 Å². The third-order valence-electron chi connectivity index (χ3n) is 2.33. The largest absolute Gasteiger partial charge is 0.464 e. The number of carbonyl (C=O) groups is 3. The Morgan fingerprint density at radius 2 is 1.60 bits per heavy atom. The Hall–Kier alpha value is -0.630. The van der Waals surface area contributed by atoms with E-state index < -0.39 is 23.4 Å². The van der Waals surface area contributed by atoms with Crippen LogP contribution >= 0.6 is 31.9 Å². The molecule has 1 atom stereocenters. The van der Waals surface area contributed by atoms with E-state index >= 15 is 0 Å². The molecule has 0 aromatic rings. The predicted octanol–water partition coefficient (Wildman–Crippen LogP) is 1.54. The summed E-state index contributed by atoms with van der Waals surface area (Å²) in [5.74, 6) is -2.15. The van der Waals surface area contributed by atoms with Gasteiger partial charge in [-0.05, 0) is 13.8 Å². The minimum Gasteiger partial charge on any atom is -0.464 e. The molecule has 0 heterocycles. The summed E-state index contributed by atoms with van der Waals surface area (Å²) in [5, 5.41) is 2.88. The zero-order valence-corrected chi connectivity index (χ0v) is 14.9. The Morgan fingerprint density at radius 1 is 1.15 bits per heavy atom. The second-order valence-corrected chi connectivity index (χ2v) is 5.93. The summed E-state index contributed by atoms with van der Waals surface area (Å²) in [7, 11) is 0. The maximum atomic E-state index is 12.2. The standard InChI is InChI=1S/C12H19Br2NO5/c1-4-19-10(17)12(15-8(3)16,6-9(14)7-13)11(18)20-5-2/h9H,4-7H2,1-3H3,(H,15,16)/t9-/m1/s1. The smallest absolute Gasteiger partial charge is 0.343 e. The highest BCUT2D eigenvalue weighted by molar-refractivity contribution is 9.12. The lowest BCUT2D eigenvalue weighted by Gasteiger charge is -2.30. The lowest BCUT2D eigenvalue weighted by Crippen LogP contribution is -2.62. The zero-order valence-electron chi connectivity index (χ0n) is 11.7. The van der Waals surface area contributed by atoms with E-state index in [1.807, 2.05) is 0 Å². The van der Waals surface area contributed by atoms with Gasteiger partial charge in [-0.15, -0.1) is 0 Å². The number of rotatable bonds is 8. The number of esters is 2. The zero-order chi connectivity index (χ0) is 15.8. The van der Waals surface area contributed by atoms with Gasteiger partial charge in [-0.3, -0.25) is 4.79 Å². The molecule has 0 aliphatic heterocycles. The molecule has 0 aliphatic rings. The molecule has 0 bridgehead atoms. The molecule has 116 valence electrons. The van der Waals surface area contributed by atoms with E-state index in [-0.39, 0.29) is 24.5 Å². The van der Waals surface area contributed by atoms with Gasteiger partial charge in [0.2, 0.25) is 11.4 Å². The van der Waals surface area contributed by atoms with Crippen LogP contribution in [-0.4, -0.2) is 46.8 Å². The van der Waals surface area contributed by atoms with Crippen LogP contribution in [0.25, 0.3) is 0 Å². The molecule has 1 amide bonds. The second-order valence-electron chi connectivity index (χ2n) is 3.98. The van der Waals surface area contributed by atoms with Gasteiger partial charge in [0.25, 0.3) is 0 Å². The molecule has 0 spiro atoms.